The van der Waals surface area contributed by atoms with Crippen molar-refractivity contribution in [3.63, 3.8) is 0 Å². The Morgan fingerprint density at radius 3 is 1.40 bits per heavy atom. The Bertz CT molecular complexity index is 513. The van der Waals surface area contributed by atoms with Crippen LogP contribution in [0.3, 0.4) is 0 Å². The minimum absolute atomic E-state index is 0.190. The molecule has 102 valence electrons. The van der Waals surface area contributed by atoms with Gasteiger partial charge in [0.05, 0.1) is 25.4 Å². The Labute approximate surface area is 119 Å². The van der Waals surface area contributed by atoms with Crippen molar-refractivity contribution in [2.24, 2.45) is 11.8 Å². The van der Waals surface area contributed by atoms with Crippen molar-refractivity contribution >= 4 is 0 Å². The first kappa shape index (κ1) is 12.1. The highest BCUT2D eigenvalue weighted by Gasteiger charge is 2.47. The maximum absolute atomic E-state index is 6.08. The van der Waals surface area contributed by atoms with Gasteiger partial charge in [-0.05, 0) is 11.1 Å². The normalized spacial score (nSPS) is 32.2. The highest BCUT2D eigenvalue weighted by atomic mass is 16.5. The second-order valence-electron chi connectivity index (χ2n) is 5.66. The van der Waals surface area contributed by atoms with E-state index in [9.17, 15) is 0 Å². The first-order valence-electron chi connectivity index (χ1n) is 7.26. The SMILES string of the molecule is c1ccc(C2OCC3C(c4ccccc4)OCC23)cc1. The van der Waals surface area contributed by atoms with Gasteiger partial charge in [0.15, 0.2) is 0 Å². The van der Waals surface area contributed by atoms with Crippen LogP contribution in [0.2, 0.25) is 0 Å². The average molecular weight is 266 g/mol. The van der Waals surface area contributed by atoms with Crippen LogP contribution in [-0.2, 0) is 9.47 Å². The largest absolute Gasteiger partial charge is 0.373 e. The summed E-state index contributed by atoms with van der Waals surface area (Å²) >= 11 is 0. The Morgan fingerprint density at radius 1 is 0.600 bits per heavy atom. The molecule has 0 aromatic heterocycles. The fourth-order valence-electron chi connectivity index (χ4n) is 3.52. The van der Waals surface area contributed by atoms with E-state index < -0.39 is 0 Å². The first-order valence-corrected chi connectivity index (χ1v) is 7.26. The van der Waals surface area contributed by atoms with E-state index in [0.717, 1.165) is 13.2 Å². The summed E-state index contributed by atoms with van der Waals surface area (Å²) in [6.45, 7) is 1.59. The van der Waals surface area contributed by atoms with Crippen LogP contribution in [0.4, 0.5) is 0 Å². The third-order valence-corrected chi connectivity index (χ3v) is 4.52. The lowest BCUT2D eigenvalue weighted by Gasteiger charge is -2.16. The fraction of sp³-hybridized carbons (Fsp3) is 0.333. The topological polar surface area (TPSA) is 18.5 Å². The van der Waals surface area contributed by atoms with Crippen molar-refractivity contribution in [3.05, 3.63) is 71.8 Å². The Morgan fingerprint density at radius 2 is 1.00 bits per heavy atom. The number of hydrogen-bond donors (Lipinski definition) is 0. The van der Waals surface area contributed by atoms with Gasteiger partial charge in [0.1, 0.15) is 0 Å². The van der Waals surface area contributed by atoms with Gasteiger partial charge in [-0.25, -0.2) is 0 Å². The Kier molecular flexibility index (Phi) is 3.06. The lowest BCUT2D eigenvalue weighted by molar-refractivity contribution is 0.0193. The highest BCUT2D eigenvalue weighted by Crippen LogP contribution is 2.49. The van der Waals surface area contributed by atoms with E-state index in [4.69, 9.17) is 9.47 Å². The third kappa shape index (κ3) is 1.96. The van der Waals surface area contributed by atoms with E-state index >= 15 is 0 Å². The summed E-state index contributed by atoms with van der Waals surface area (Å²) in [6, 6.07) is 21.0. The van der Waals surface area contributed by atoms with Gasteiger partial charge in [0.2, 0.25) is 0 Å². The summed E-state index contributed by atoms with van der Waals surface area (Å²) in [5.74, 6) is 0.949. The molecule has 2 nitrogen and oxygen atoms in total. The van der Waals surface area contributed by atoms with Gasteiger partial charge in [0, 0.05) is 11.8 Å². The molecule has 0 N–H and O–H groups in total. The van der Waals surface area contributed by atoms with E-state index in [2.05, 4.69) is 48.5 Å². The average Bonchev–Trinajstić information content (AvgIpc) is 3.10. The number of benzene rings is 2. The van der Waals surface area contributed by atoms with E-state index in [0.29, 0.717) is 11.8 Å². The molecule has 2 aromatic carbocycles. The monoisotopic (exact) mass is 266 g/mol. The molecule has 2 aliphatic rings. The second-order valence-corrected chi connectivity index (χ2v) is 5.66. The number of fused-ring (bicyclic) bond motifs is 1. The number of hydrogen-bond acceptors (Lipinski definition) is 2. The van der Waals surface area contributed by atoms with Gasteiger partial charge >= 0.3 is 0 Å². The zero-order valence-corrected chi connectivity index (χ0v) is 11.3. The highest BCUT2D eigenvalue weighted by molar-refractivity contribution is 5.24. The maximum Gasteiger partial charge on any atom is 0.0879 e. The molecule has 2 saturated heterocycles. The van der Waals surface area contributed by atoms with E-state index in [-0.39, 0.29) is 12.2 Å². The van der Waals surface area contributed by atoms with Crippen molar-refractivity contribution in [1.29, 1.82) is 0 Å². The van der Waals surface area contributed by atoms with Crippen molar-refractivity contribution in [2.45, 2.75) is 12.2 Å². The summed E-state index contributed by atoms with van der Waals surface area (Å²) in [7, 11) is 0. The van der Waals surface area contributed by atoms with Gasteiger partial charge in [-0.1, -0.05) is 60.7 Å². The number of ether oxygens (including phenoxy) is 2. The molecule has 0 spiro atoms. The maximum atomic E-state index is 6.08. The van der Waals surface area contributed by atoms with E-state index in [1.807, 2.05) is 12.1 Å². The van der Waals surface area contributed by atoms with E-state index in [1.54, 1.807) is 0 Å². The van der Waals surface area contributed by atoms with Crippen LogP contribution < -0.4 is 0 Å². The molecule has 4 unspecified atom stereocenters. The van der Waals surface area contributed by atoms with Gasteiger partial charge in [-0.2, -0.15) is 0 Å². The molecule has 2 aliphatic heterocycles. The zero-order valence-electron chi connectivity index (χ0n) is 11.3. The van der Waals surface area contributed by atoms with Crippen molar-refractivity contribution < 1.29 is 9.47 Å². The van der Waals surface area contributed by atoms with Gasteiger partial charge in [-0.3, -0.25) is 0 Å². The first-order chi connectivity index (χ1) is 9.93. The van der Waals surface area contributed by atoms with Crippen molar-refractivity contribution in [1.82, 2.24) is 0 Å². The van der Waals surface area contributed by atoms with Crippen LogP contribution in [0.1, 0.15) is 23.3 Å². The molecule has 2 heterocycles. The van der Waals surface area contributed by atoms with E-state index in [1.165, 1.54) is 11.1 Å². The molecule has 4 atom stereocenters. The van der Waals surface area contributed by atoms with Crippen LogP contribution in [0.15, 0.2) is 60.7 Å². The molecule has 2 fully saturated rings. The standard InChI is InChI=1S/C18H18O2/c1-3-7-13(8-4-1)17-15-11-20-18(16(15)12-19-17)14-9-5-2-6-10-14/h1-10,15-18H,11-12H2. The van der Waals surface area contributed by atoms with Crippen LogP contribution in [0.5, 0.6) is 0 Å². The molecule has 0 radical (unpaired) electrons. The number of rotatable bonds is 2. The molecule has 2 aromatic rings. The van der Waals surface area contributed by atoms with Gasteiger partial charge in [0.25, 0.3) is 0 Å². The summed E-state index contributed by atoms with van der Waals surface area (Å²) < 4.78 is 12.2. The summed E-state index contributed by atoms with van der Waals surface area (Å²) in [5, 5.41) is 0. The fourth-order valence-corrected chi connectivity index (χ4v) is 3.52. The molecule has 0 saturated carbocycles. The molecule has 2 heteroatoms. The van der Waals surface area contributed by atoms with Gasteiger partial charge in [-0.15, -0.1) is 0 Å². The van der Waals surface area contributed by atoms with Crippen LogP contribution in [0, 0.1) is 11.8 Å². The second kappa shape index (κ2) is 5.04. The molecular formula is C18H18O2. The summed E-state index contributed by atoms with van der Waals surface area (Å²) in [5.41, 5.74) is 2.55. The summed E-state index contributed by atoms with van der Waals surface area (Å²) in [6.07, 6.45) is 0.379. The Hall–Kier alpha value is -1.64. The molecule has 0 amide bonds. The molecule has 0 aliphatic carbocycles. The smallest absolute Gasteiger partial charge is 0.0879 e. The van der Waals surface area contributed by atoms with Crippen molar-refractivity contribution in [3.8, 4) is 0 Å². The minimum Gasteiger partial charge on any atom is -0.373 e. The predicted octanol–water partition coefficient (Wildman–Crippen LogP) is 3.76. The van der Waals surface area contributed by atoms with Gasteiger partial charge < -0.3 is 9.47 Å². The Balaban J connectivity index is 1.59. The quantitative estimate of drug-likeness (QED) is 0.824. The molecule has 0 bridgehead atoms. The van der Waals surface area contributed by atoms with Crippen molar-refractivity contribution in [2.75, 3.05) is 13.2 Å². The lowest BCUT2D eigenvalue weighted by Crippen LogP contribution is -2.14. The molecule has 4 rings (SSSR count). The molecular weight excluding hydrogens is 248 g/mol. The summed E-state index contributed by atoms with van der Waals surface area (Å²) in [4.78, 5) is 0. The zero-order chi connectivity index (χ0) is 13.4. The third-order valence-electron chi connectivity index (χ3n) is 4.52. The minimum atomic E-state index is 0.190. The van der Waals surface area contributed by atoms with Crippen LogP contribution >= 0.6 is 0 Å². The van der Waals surface area contributed by atoms with Crippen LogP contribution in [0.25, 0.3) is 0 Å². The predicted molar refractivity (Wildman–Crippen MR) is 77.3 cm³/mol. The lowest BCUT2D eigenvalue weighted by atomic mass is 9.85. The van der Waals surface area contributed by atoms with Crippen LogP contribution in [-0.4, -0.2) is 13.2 Å². The molecule has 20 heavy (non-hydrogen) atoms.